The lowest BCUT2D eigenvalue weighted by Crippen LogP contribution is -2.59. The van der Waals surface area contributed by atoms with Crippen molar-refractivity contribution in [1.82, 2.24) is 15.5 Å². The van der Waals surface area contributed by atoms with Crippen LogP contribution in [0.25, 0.3) is 0 Å². The van der Waals surface area contributed by atoms with Crippen molar-refractivity contribution >= 4 is 35.6 Å². The van der Waals surface area contributed by atoms with Crippen molar-refractivity contribution in [2.75, 3.05) is 6.54 Å². The molecule has 1 heterocycles. The van der Waals surface area contributed by atoms with Crippen LogP contribution >= 0.6 is 0 Å². The lowest BCUT2D eigenvalue weighted by molar-refractivity contribution is -0.145. The van der Waals surface area contributed by atoms with Crippen LogP contribution < -0.4 is 16.4 Å². The Balaban J connectivity index is 2.85. The first-order chi connectivity index (χ1) is 15.3. The van der Waals surface area contributed by atoms with E-state index in [1.54, 1.807) is 0 Å². The predicted octanol–water partition coefficient (Wildman–Crippen LogP) is -2.53. The Morgan fingerprint density at radius 1 is 1.00 bits per heavy atom. The highest BCUT2D eigenvalue weighted by atomic mass is 16.4. The molecule has 1 fully saturated rings. The summed E-state index contributed by atoms with van der Waals surface area (Å²) in [5, 5.41) is 41.0. The number of rotatable bonds is 13. The molecule has 8 N–H and O–H groups in total. The predicted molar refractivity (Wildman–Crippen MR) is 110 cm³/mol. The largest absolute Gasteiger partial charge is 0.481 e. The van der Waals surface area contributed by atoms with Gasteiger partial charge in [0.05, 0.1) is 12.1 Å². The van der Waals surface area contributed by atoms with E-state index < -0.39 is 78.7 Å². The number of nitrogens with zero attached hydrogens (tertiary/aromatic N) is 1. The van der Waals surface area contributed by atoms with Crippen molar-refractivity contribution in [3.05, 3.63) is 0 Å². The number of carboxylic acids is 3. The molecule has 33 heavy (non-hydrogen) atoms. The molecule has 0 bridgehead atoms. The Morgan fingerprint density at radius 3 is 2.09 bits per heavy atom. The zero-order valence-electron chi connectivity index (χ0n) is 18.1. The first-order valence-corrected chi connectivity index (χ1v) is 10.4. The molecule has 5 atom stereocenters. The third-order valence-electron chi connectivity index (χ3n) is 5.15. The average Bonchev–Trinajstić information content (AvgIpc) is 3.21. The number of hydrogen-bond donors (Lipinski definition) is 7. The summed E-state index contributed by atoms with van der Waals surface area (Å²) in [5.41, 5.74) is 5.75. The van der Waals surface area contributed by atoms with E-state index in [0.29, 0.717) is 6.42 Å². The minimum absolute atomic E-state index is 0.120. The van der Waals surface area contributed by atoms with E-state index >= 15 is 0 Å². The van der Waals surface area contributed by atoms with Crippen molar-refractivity contribution in [2.24, 2.45) is 5.73 Å². The number of aliphatic hydroxyl groups is 1. The zero-order chi connectivity index (χ0) is 25.3. The first kappa shape index (κ1) is 27.8. The third-order valence-corrected chi connectivity index (χ3v) is 5.15. The molecule has 1 aliphatic heterocycles. The van der Waals surface area contributed by atoms with E-state index in [2.05, 4.69) is 10.6 Å². The van der Waals surface area contributed by atoms with E-state index in [4.69, 9.17) is 15.9 Å². The fraction of sp³-hybridized carbons (Fsp3) is 0.684. The molecule has 1 rings (SSSR count). The van der Waals surface area contributed by atoms with Gasteiger partial charge in [0.25, 0.3) is 0 Å². The number of aliphatic hydroxyl groups excluding tert-OH is 1. The van der Waals surface area contributed by atoms with Crippen LogP contribution in [0.3, 0.4) is 0 Å². The summed E-state index contributed by atoms with van der Waals surface area (Å²) in [4.78, 5) is 71.7. The molecule has 1 saturated heterocycles. The Bertz CT molecular complexity index is 772. The molecule has 0 radical (unpaired) electrons. The van der Waals surface area contributed by atoms with Gasteiger partial charge >= 0.3 is 17.9 Å². The lowest BCUT2D eigenvalue weighted by atomic mass is 10.1. The topological polar surface area (TPSA) is 237 Å². The van der Waals surface area contributed by atoms with Gasteiger partial charge in [0.1, 0.15) is 18.1 Å². The van der Waals surface area contributed by atoms with Crippen molar-refractivity contribution < 1.29 is 49.2 Å². The van der Waals surface area contributed by atoms with Crippen LogP contribution in [-0.4, -0.2) is 97.8 Å². The second-order valence-corrected chi connectivity index (χ2v) is 7.79. The van der Waals surface area contributed by atoms with Gasteiger partial charge in [-0.3, -0.25) is 24.0 Å². The zero-order valence-corrected chi connectivity index (χ0v) is 18.1. The summed E-state index contributed by atoms with van der Waals surface area (Å²) in [6.07, 6.45) is -2.11. The second-order valence-electron chi connectivity index (χ2n) is 7.79. The van der Waals surface area contributed by atoms with Gasteiger partial charge in [-0.25, -0.2) is 4.79 Å². The lowest BCUT2D eigenvalue weighted by Gasteiger charge is -2.29. The highest BCUT2D eigenvalue weighted by Gasteiger charge is 2.38. The normalized spacial score (nSPS) is 19.1. The van der Waals surface area contributed by atoms with Crippen LogP contribution in [0.15, 0.2) is 0 Å². The molecule has 1 aliphatic rings. The average molecular weight is 474 g/mol. The molecule has 14 heteroatoms. The van der Waals surface area contributed by atoms with Crippen LogP contribution in [0.4, 0.5) is 0 Å². The minimum atomic E-state index is -1.57. The molecule has 0 aromatic carbocycles. The molecule has 14 nitrogen and oxygen atoms in total. The monoisotopic (exact) mass is 474 g/mol. The van der Waals surface area contributed by atoms with Gasteiger partial charge in [-0.1, -0.05) is 0 Å². The SMILES string of the molecule is CC(O)C(NC(=O)C1CCCN1C(=O)C(N)CCC(=O)O)C(=O)NC(CCC(=O)O)C(=O)O. The van der Waals surface area contributed by atoms with E-state index in [1.165, 1.54) is 11.8 Å². The number of nitrogens with one attached hydrogen (secondary N) is 2. The number of hydrogen-bond acceptors (Lipinski definition) is 8. The molecule has 186 valence electrons. The van der Waals surface area contributed by atoms with Crippen LogP contribution in [0, 0.1) is 0 Å². The fourth-order valence-electron chi connectivity index (χ4n) is 3.36. The molecule has 0 aliphatic carbocycles. The highest BCUT2D eigenvalue weighted by molar-refractivity contribution is 5.94. The smallest absolute Gasteiger partial charge is 0.326 e. The summed E-state index contributed by atoms with van der Waals surface area (Å²) >= 11 is 0. The maximum Gasteiger partial charge on any atom is 0.326 e. The molecule has 0 aromatic rings. The number of amides is 3. The number of carbonyl (C=O) groups excluding carboxylic acids is 3. The van der Waals surface area contributed by atoms with Gasteiger partial charge in [-0.2, -0.15) is 0 Å². The Hall–Kier alpha value is -3.26. The first-order valence-electron chi connectivity index (χ1n) is 10.4. The van der Waals surface area contributed by atoms with Gasteiger partial charge < -0.3 is 41.7 Å². The number of carboxylic acid groups (broad SMARTS) is 3. The van der Waals surface area contributed by atoms with Crippen LogP contribution in [0.2, 0.25) is 0 Å². The summed E-state index contributed by atoms with van der Waals surface area (Å²) < 4.78 is 0. The van der Waals surface area contributed by atoms with Crippen LogP contribution in [0.1, 0.15) is 45.4 Å². The summed E-state index contributed by atoms with van der Waals surface area (Å²) in [6.45, 7) is 1.39. The summed E-state index contributed by atoms with van der Waals surface area (Å²) in [7, 11) is 0. The molecular formula is C19H30N4O10. The van der Waals surface area contributed by atoms with Gasteiger partial charge in [-0.05, 0) is 32.6 Å². The van der Waals surface area contributed by atoms with Crippen molar-refractivity contribution in [1.29, 1.82) is 0 Å². The number of carbonyl (C=O) groups is 6. The van der Waals surface area contributed by atoms with Gasteiger partial charge in [0.15, 0.2) is 0 Å². The van der Waals surface area contributed by atoms with E-state index in [0.717, 1.165) is 0 Å². The number of aliphatic carboxylic acids is 3. The Morgan fingerprint density at radius 2 is 1.58 bits per heavy atom. The molecule has 3 amide bonds. The summed E-state index contributed by atoms with van der Waals surface area (Å²) in [5.74, 6) is -6.30. The van der Waals surface area contributed by atoms with E-state index in [-0.39, 0.29) is 25.8 Å². The second kappa shape index (κ2) is 12.7. The number of nitrogens with two attached hydrogens (primary N) is 1. The fourth-order valence-corrected chi connectivity index (χ4v) is 3.36. The maximum absolute atomic E-state index is 12.8. The van der Waals surface area contributed by atoms with Crippen LogP contribution in [0.5, 0.6) is 0 Å². The molecule has 5 unspecified atom stereocenters. The van der Waals surface area contributed by atoms with Gasteiger partial charge in [0.2, 0.25) is 17.7 Å². The standard InChI is InChI=1S/C19H30N4O10/c1-9(24)15(17(30)21-11(19(32)33)5-7-14(27)28)22-16(29)12-3-2-8-23(12)18(31)10(20)4-6-13(25)26/h9-12,15,24H,2-8,20H2,1H3,(H,21,30)(H,22,29)(H,25,26)(H,27,28)(H,32,33). The number of likely N-dealkylation sites (tertiary alicyclic amines) is 1. The highest BCUT2D eigenvalue weighted by Crippen LogP contribution is 2.19. The van der Waals surface area contributed by atoms with Gasteiger partial charge in [0, 0.05) is 19.4 Å². The third kappa shape index (κ3) is 8.65. The molecular weight excluding hydrogens is 444 g/mol. The van der Waals surface area contributed by atoms with Gasteiger partial charge in [-0.15, -0.1) is 0 Å². The van der Waals surface area contributed by atoms with Crippen molar-refractivity contribution in [3.63, 3.8) is 0 Å². The van der Waals surface area contributed by atoms with Crippen LogP contribution in [-0.2, 0) is 28.8 Å². The van der Waals surface area contributed by atoms with Crippen molar-refractivity contribution in [3.8, 4) is 0 Å². The quantitative estimate of drug-likeness (QED) is 0.147. The molecule has 0 spiro atoms. The minimum Gasteiger partial charge on any atom is -0.481 e. The van der Waals surface area contributed by atoms with Crippen molar-refractivity contribution in [2.45, 2.75) is 75.7 Å². The maximum atomic E-state index is 12.8. The Labute approximate surface area is 189 Å². The molecule has 0 aromatic heterocycles. The Kier molecular flexibility index (Phi) is 10.7. The molecule has 0 saturated carbocycles. The van der Waals surface area contributed by atoms with E-state index in [9.17, 15) is 39.0 Å². The van der Waals surface area contributed by atoms with E-state index in [1.807, 2.05) is 0 Å². The summed E-state index contributed by atoms with van der Waals surface area (Å²) in [6, 6.07) is -5.26.